The lowest BCUT2D eigenvalue weighted by atomic mass is 10.2. The van der Waals surface area contributed by atoms with E-state index in [4.69, 9.17) is 16.6 Å². The van der Waals surface area contributed by atoms with Crippen molar-refractivity contribution in [2.45, 2.75) is 0 Å². The zero-order valence-corrected chi connectivity index (χ0v) is 13.5. The molecule has 8 heteroatoms. The molecule has 0 saturated carbocycles. The number of carbonyl (C=O) groups is 1. The van der Waals surface area contributed by atoms with Crippen molar-refractivity contribution in [2.24, 2.45) is 0 Å². The van der Waals surface area contributed by atoms with Crippen molar-refractivity contribution in [1.82, 2.24) is 10.9 Å². The highest BCUT2D eigenvalue weighted by Gasteiger charge is 2.13. The summed E-state index contributed by atoms with van der Waals surface area (Å²) in [6, 6.07) is 13.8. The Hall–Kier alpha value is -3.26. The first kappa shape index (κ1) is 16.6. The van der Waals surface area contributed by atoms with E-state index in [1.54, 1.807) is 24.3 Å². The number of thiocarbonyl (C=S) groups is 1. The number of hydrogen-bond donors (Lipinski definition) is 3. The first-order chi connectivity index (χ1) is 12.0. The number of amides is 1. The van der Waals surface area contributed by atoms with Crippen LogP contribution in [0.1, 0.15) is 10.4 Å². The Labute approximate surface area is 146 Å². The molecule has 1 amide bonds. The summed E-state index contributed by atoms with van der Waals surface area (Å²) >= 11 is 5.01. The van der Waals surface area contributed by atoms with Gasteiger partial charge in [-0.15, -0.1) is 0 Å². The molecule has 3 N–H and O–H groups in total. The molecule has 0 aliphatic rings. The van der Waals surface area contributed by atoms with Crippen molar-refractivity contribution in [3.8, 4) is 0 Å². The lowest BCUT2D eigenvalue weighted by Gasteiger charge is -2.11. The van der Waals surface area contributed by atoms with E-state index in [0.717, 1.165) is 0 Å². The number of benzene rings is 2. The minimum atomic E-state index is -0.754. The molecule has 0 saturated heterocycles. The molecule has 0 aliphatic carbocycles. The molecular formula is C17H12FN3O3S. The predicted octanol–water partition coefficient (Wildman–Crippen LogP) is 2.56. The summed E-state index contributed by atoms with van der Waals surface area (Å²) in [6.45, 7) is 0. The number of halogens is 1. The minimum absolute atomic E-state index is 0.0742. The maximum atomic E-state index is 12.8. The first-order valence-corrected chi connectivity index (χ1v) is 7.59. The van der Waals surface area contributed by atoms with Crippen molar-refractivity contribution in [2.75, 3.05) is 5.32 Å². The average molecular weight is 357 g/mol. The predicted molar refractivity (Wildman–Crippen MR) is 95.7 cm³/mol. The highest BCUT2D eigenvalue weighted by Crippen LogP contribution is 2.12. The molecule has 1 aromatic heterocycles. The number of carbonyl (C=O) groups excluding carboxylic acids is 1. The van der Waals surface area contributed by atoms with E-state index < -0.39 is 11.5 Å². The van der Waals surface area contributed by atoms with Gasteiger partial charge in [-0.1, -0.05) is 18.2 Å². The molecule has 0 unspecified atom stereocenters. The second-order valence-corrected chi connectivity index (χ2v) is 5.43. The van der Waals surface area contributed by atoms with Gasteiger partial charge in [-0.2, -0.15) is 0 Å². The fourth-order valence-electron chi connectivity index (χ4n) is 2.10. The van der Waals surface area contributed by atoms with E-state index in [1.165, 1.54) is 30.3 Å². The van der Waals surface area contributed by atoms with Gasteiger partial charge in [0, 0.05) is 11.1 Å². The van der Waals surface area contributed by atoms with E-state index >= 15 is 0 Å². The summed E-state index contributed by atoms with van der Waals surface area (Å²) in [5, 5.41) is 3.46. The van der Waals surface area contributed by atoms with Crippen LogP contribution in [-0.4, -0.2) is 11.0 Å². The van der Waals surface area contributed by atoms with Crippen molar-refractivity contribution in [3.63, 3.8) is 0 Å². The normalized spacial score (nSPS) is 10.3. The van der Waals surface area contributed by atoms with Gasteiger partial charge in [0.2, 0.25) is 0 Å². The summed E-state index contributed by atoms with van der Waals surface area (Å²) in [4.78, 5) is 24.0. The lowest BCUT2D eigenvalue weighted by Crippen LogP contribution is -2.44. The zero-order valence-electron chi connectivity index (χ0n) is 12.7. The Morgan fingerprint density at radius 3 is 2.52 bits per heavy atom. The van der Waals surface area contributed by atoms with Crippen LogP contribution in [0.5, 0.6) is 0 Å². The van der Waals surface area contributed by atoms with Crippen LogP contribution in [0.25, 0.3) is 11.0 Å². The molecule has 0 atom stereocenters. The Morgan fingerprint density at radius 1 is 1.04 bits per heavy atom. The third kappa shape index (κ3) is 3.99. The molecule has 25 heavy (non-hydrogen) atoms. The van der Waals surface area contributed by atoms with Crippen LogP contribution in [-0.2, 0) is 0 Å². The highest BCUT2D eigenvalue weighted by molar-refractivity contribution is 7.80. The summed E-state index contributed by atoms with van der Waals surface area (Å²) < 4.78 is 17.9. The van der Waals surface area contributed by atoms with Crippen LogP contribution < -0.4 is 21.8 Å². The van der Waals surface area contributed by atoms with Crippen LogP contribution in [0.2, 0.25) is 0 Å². The topological polar surface area (TPSA) is 83.4 Å². The van der Waals surface area contributed by atoms with Gasteiger partial charge in [0.25, 0.3) is 5.91 Å². The summed E-state index contributed by atoms with van der Waals surface area (Å²) in [5.41, 5.74) is 4.80. The molecule has 126 valence electrons. The number of rotatable bonds is 2. The largest absolute Gasteiger partial charge is 0.422 e. The van der Waals surface area contributed by atoms with Gasteiger partial charge < -0.3 is 9.73 Å². The molecule has 3 rings (SSSR count). The Morgan fingerprint density at radius 2 is 1.76 bits per heavy atom. The van der Waals surface area contributed by atoms with E-state index in [1.807, 2.05) is 0 Å². The molecule has 0 aliphatic heterocycles. The first-order valence-electron chi connectivity index (χ1n) is 7.19. The van der Waals surface area contributed by atoms with Crippen LogP contribution in [0.15, 0.2) is 63.8 Å². The lowest BCUT2D eigenvalue weighted by molar-refractivity contribution is 0.0940. The SMILES string of the molecule is O=C(NNC(=S)Nc1ccc(F)cc1)c1cc2ccccc2oc1=O. The number of anilines is 1. The average Bonchev–Trinajstić information content (AvgIpc) is 2.61. The molecular weight excluding hydrogens is 345 g/mol. The van der Waals surface area contributed by atoms with Crippen molar-refractivity contribution < 1.29 is 13.6 Å². The van der Waals surface area contributed by atoms with E-state index in [2.05, 4.69) is 16.2 Å². The van der Waals surface area contributed by atoms with E-state index in [9.17, 15) is 14.0 Å². The molecule has 2 aromatic carbocycles. The fraction of sp³-hybridized carbons (Fsp3) is 0. The van der Waals surface area contributed by atoms with Gasteiger partial charge in [0.1, 0.15) is 17.0 Å². The minimum Gasteiger partial charge on any atom is -0.422 e. The van der Waals surface area contributed by atoms with Crippen molar-refractivity contribution >= 4 is 39.9 Å². The van der Waals surface area contributed by atoms with E-state index in [-0.39, 0.29) is 16.5 Å². The van der Waals surface area contributed by atoms with Crippen LogP contribution >= 0.6 is 12.2 Å². The molecule has 1 heterocycles. The second-order valence-electron chi connectivity index (χ2n) is 5.03. The van der Waals surface area contributed by atoms with Crippen molar-refractivity contribution in [3.05, 3.63) is 76.4 Å². The molecule has 0 spiro atoms. The second kappa shape index (κ2) is 7.10. The maximum absolute atomic E-state index is 12.8. The smallest absolute Gasteiger partial charge is 0.349 e. The van der Waals surface area contributed by atoms with Gasteiger partial charge >= 0.3 is 5.63 Å². The van der Waals surface area contributed by atoms with Crippen LogP contribution in [0.3, 0.4) is 0 Å². The Bertz CT molecular complexity index is 1000. The Kier molecular flexibility index (Phi) is 4.71. The number of nitrogens with one attached hydrogen (secondary N) is 3. The monoisotopic (exact) mass is 357 g/mol. The van der Waals surface area contributed by atoms with Gasteiger partial charge in [0.15, 0.2) is 5.11 Å². The molecule has 0 fully saturated rings. The third-order valence-electron chi connectivity index (χ3n) is 3.28. The van der Waals surface area contributed by atoms with Gasteiger partial charge in [-0.3, -0.25) is 15.6 Å². The van der Waals surface area contributed by atoms with Crippen LogP contribution in [0, 0.1) is 5.82 Å². The summed E-state index contributed by atoms with van der Waals surface area (Å²) in [6.07, 6.45) is 0. The van der Waals surface area contributed by atoms with E-state index in [0.29, 0.717) is 16.7 Å². The number of fused-ring (bicyclic) bond motifs is 1. The summed E-state index contributed by atoms with van der Waals surface area (Å²) in [5.74, 6) is -1.07. The number of para-hydroxylation sites is 1. The Balaban J connectivity index is 1.66. The summed E-state index contributed by atoms with van der Waals surface area (Å²) in [7, 11) is 0. The standard InChI is InChI=1S/C17H12FN3O3S/c18-11-5-7-12(8-6-11)19-17(25)21-20-15(22)13-9-10-3-1-2-4-14(10)24-16(13)23/h1-9H,(H,20,22)(H2,19,21,25). The zero-order chi connectivity index (χ0) is 17.8. The number of hydrogen-bond acceptors (Lipinski definition) is 4. The van der Waals surface area contributed by atoms with Gasteiger partial charge in [0.05, 0.1) is 0 Å². The van der Waals surface area contributed by atoms with Gasteiger partial charge in [-0.05, 0) is 48.6 Å². The quantitative estimate of drug-likeness (QED) is 0.371. The molecule has 0 radical (unpaired) electrons. The fourth-order valence-corrected chi connectivity index (χ4v) is 2.27. The molecule has 0 bridgehead atoms. The maximum Gasteiger partial charge on any atom is 0.349 e. The molecule has 6 nitrogen and oxygen atoms in total. The van der Waals surface area contributed by atoms with Gasteiger partial charge in [-0.25, -0.2) is 9.18 Å². The molecule has 3 aromatic rings. The van der Waals surface area contributed by atoms with Crippen LogP contribution in [0.4, 0.5) is 10.1 Å². The third-order valence-corrected chi connectivity index (χ3v) is 3.48. The van der Waals surface area contributed by atoms with Crippen molar-refractivity contribution in [1.29, 1.82) is 0 Å². The highest BCUT2D eigenvalue weighted by atomic mass is 32.1. The number of hydrazine groups is 1.